The molecule has 0 aliphatic carbocycles. The zero-order valence-corrected chi connectivity index (χ0v) is 18.3. The van der Waals surface area contributed by atoms with E-state index in [2.05, 4.69) is 10.6 Å². The summed E-state index contributed by atoms with van der Waals surface area (Å²) in [5.74, 6) is -0.525. The van der Waals surface area contributed by atoms with E-state index in [0.717, 1.165) is 23.2 Å². The third kappa shape index (κ3) is 5.03. The molecule has 3 amide bonds. The third-order valence-corrected chi connectivity index (χ3v) is 5.43. The predicted octanol–water partition coefficient (Wildman–Crippen LogP) is 4.39. The fourth-order valence-electron chi connectivity index (χ4n) is 3.81. The first kappa shape index (κ1) is 22.1. The zero-order valence-electron chi connectivity index (χ0n) is 18.3. The van der Waals surface area contributed by atoms with E-state index >= 15 is 0 Å². The normalized spacial score (nSPS) is 12.1. The number of carbonyl (C=O) groups is 3. The molecule has 168 valence electrons. The topological polar surface area (TPSA) is 87.7 Å². The van der Waals surface area contributed by atoms with E-state index in [1.807, 2.05) is 48.5 Å². The minimum atomic E-state index is -0.491. The van der Waals surface area contributed by atoms with Crippen molar-refractivity contribution in [3.05, 3.63) is 95.1 Å². The van der Waals surface area contributed by atoms with Crippen molar-refractivity contribution >= 4 is 29.3 Å². The van der Waals surface area contributed by atoms with Gasteiger partial charge < -0.3 is 20.3 Å². The van der Waals surface area contributed by atoms with Crippen molar-refractivity contribution in [2.45, 2.75) is 19.9 Å². The molecule has 0 saturated heterocycles. The number of esters is 1. The fourth-order valence-corrected chi connectivity index (χ4v) is 3.81. The quantitative estimate of drug-likeness (QED) is 0.553. The molecular formula is C26H25N3O4. The Morgan fingerprint density at radius 2 is 1.73 bits per heavy atom. The number of para-hydroxylation sites is 1. The van der Waals surface area contributed by atoms with E-state index in [1.165, 1.54) is 0 Å². The number of anilines is 2. The lowest BCUT2D eigenvalue weighted by Gasteiger charge is -2.18. The van der Waals surface area contributed by atoms with Gasteiger partial charge in [0.1, 0.15) is 0 Å². The molecule has 0 saturated carbocycles. The second kappa shape index (κ2) is 9.99. The van der Waals surface area contributed by atoms with Gasteiger partial charge in [-0.1, -0.05) is 42.5 Å². The lowest BCUT2D eigenvalue weighted by Crippen LogP contribution is -2.30. The average molecular weight is 444 g/mol. The molecule has 0 unspecified atom stereocenters. The summed E-state index contributed by atoms with van der Waals surface area (Å²) in [5, 5.41) is 5.51. The van der Waals surface area contributed by atoms with Crippen LogP contribution >= 0.6 is 0 Å². The highest BCUT2D eigenvalue weighted by Gasteiger charge is 2.25. The average Bonchev–Trinajstić information content (AvgIpc) is 3.26. The van der Waals surface area contributed by atoms with E-state index in [-0.39, 0.29) is 19.1 Å². The maximum Gasteiger partial charge on any atom is 0.340 e. The van der Waals surface area contributed by atoms with Crippen LogP contribution in [0, 0.1) is 0 Å². The second-order valence-electron chi connectivity index (χ2n) is 7.61. The van der Waals surface area contributed by atoms with Gasteiger partial charge in [-0.2, -0.15) is 0 Å². The smallest absolute Gasteiger partial charge is 0.340 e. The Morgan fingerprint density at radius 3 is 2.52 bits per heavy atom. The number of nitrogens with one attached hydrogen (secondary N) is 2. The number of ether oxygens (including phenoxy) is 1. The fraction of sp³-hybridized carbons (Fsp3) is 0.192. The summed E-state index contributed by atoms with van der Waals surface area (Å²) in [5.41, 5.74) is 4.17. The van der Waals surface area contributed by atoms with Crippen LogP contribution in [-0.2, 0) is 17.7 Å². The number of nitrogens with zero attached hydrogens (tertiary/aromatic N) is 1. The first-order chi connectivity index (χ1) is 16.1. The van der Waals surface area contributed by atoms with Gasteiger partial charge in [-0.15, -0.1) is 0 Å². The molecule has 33 heavy (non-hydrogen) atoms. The van der Waals surface area contributed by atoms with Gasteiger partial charge in [-0.25, -0.2) is 9.59 Å². The molecule has 7 heteroatoms. The lowest BCUT2D eigenvalue weighted by molar-refractivity contribution is 0.0527. The maximum absolute atomic E-state index is 12.9. The van der Waals surface area contributed by atoms with Crippen LogP contribution in [0.4, 0.5) is 16.2 Å². The minimum absolute atomic E-state index is 0.0345. The summed E-state index contributed by atoms with van der Waals surface area (Å²) in [7, 11) is 0. The van der Waals surface area contributed by atoms with Gasteiger partial charge in [0.2, 0.25) is 0 Å². The molecule has 1 aliphatic heterocycles. The van der Waals surface area contributed by atoms with Crippen LogP contribution in [-0.4, -0.2) is 31.1 Å². The lowest BCUT2D eigenvalue weighted by atomic mass is 10.1. The van der Waals surface area contributed by atoms with Gasteiger partial charge in [-0.3, -0.25) is 4.79 Å². The van der Waals surface area contributed by atoms with E-state index in [1.54, 1.807) is 36.1 Å². The summed E-state index contributed by atoms with van der Waals surface area (Å²) in [6.07, 6.45) is 0.798. The van der Waals surface area contributed by atoms with Crippen molar-refractivity contribution in [1.29, 1.82) is 0 Å². The number of benzene rings is 3. The number of urea groups is 1. The molecule has 3 aromatic rings. The molecule has 1 aliphatic rings. The highest BCUT2D eigenvalue weighted by atomic mass is 16.5. The number of fused-ring (bicyclic) bond motifs is 1. The van der Waals surface area contributed by atoms with Crippen LogP contribution < -0.4 is 15.5 Å². The molecule has 0 bridgehead atoms. The minimum Gasteiger partial charge on any atom is -0.462 e. The maximum atomic E-state index is 12.9. The van der Waals surface area contributed by atoms with Crippen LogP contribution in [0.2, 0.25) is 0 Å². The van der Waals surface area contributed by atoms with Crippen molar-refractivity contribution < 1.29 is 19.1 Å². The monoisotopic (exact) mass is 443 g/mol. The molecule has 0 fully saturated rings. The van der Waals surface area contributed by atoms with E-state index < -0.39 is 12.0 Å². The standard InChI is InChI=1S/C26H25N3O4/c1-2-33-25(31)21-10-6-7-11-22(21)28-26(32)27-17-18-12-13-19-14-15-29(23(19)16-18)24(30)20-8-4-3-5-9-20/h3-13,16H,2,14-15,17H2,1H3,(H2,27,28,32). The van der Waals surface area contributed by atoms with Gasteiger partial charge in [0, 0.05) is 24.3 Å². The Bertz CT molecular complexity index is 1180. The van der Waals surface area contributed by atoms with Gasteiger partial charge in [0.05, 0.1) is 17.9 Å². The Balaban J connectivity index is 1.42. The highest BCUT2D eigenvalue weighted by Crippen LogP contribution is 2.30. The van der Waals surface area contributed by atoms with Crippen LogP contribution in [0.1, 0.15) is 38.8 Å². The molecule has 3 aromatic carbocycles. The SMILES string of the molecule is CCOC(=O)c1ccccc1NC(=O)NCc1ccc2c(c1)N(C(=O)c1ccccc1)CC2. The summed E-state index contributed by atoms with van der Waals surface area (Å²) in [6, 6.07) is 21.3. The molecule has 0 radical (unpaired) electrons. The second-order valence-corrected chi connectivity index (χ2v) is 7.61. The predicted molar refractivity (Wildman–Crippen MR) is 127 cm³/mol. The van der Waals surface area contributed by atoms with Crippen molar-refractivity contribution in [2.24, 2.45) is 0 Å². The van der Waals surface area contributed by atoms with Gasteiger partial charge >= 0.3 is 12.0 Å². The molecular weight excluding hydrogens is 418 g/mol. The van der Waals surface area contributed by atoms with E-state index in [4.69, 9.17) is 4.74 Å². The number of rotatable bonds is 6. The number of carbonyl (C=O) groups excluding carboxylic acids is 3. The van der Waals surface area contributed by atoms with E-state index in [9.17, 15) is 14.4 Å². The van der Waals surface area contributed by atoms with Crippen LogP contribution in [0.5, 0.6) is 0 Å². The largest absolute Gasteiger partial charge is 0.462 e. The van der Waals surface area contributed by atoms with E-state index in [0.29, 0.717) is 23.4 Å². The summed E-state index contributed by atoms with van der Waals surface area (Å²) >= 11 is 0. The molecule has 0 atom stereocenters. The highest BCUT2D eigenvalue weighted by molar-refractivity contribution is 6.07. The first-order valence-corrected chi connectivity index (χ1v) is 10.9. The van der Waals surface area contributed by atoms with Gasteiger partial charge in [0.25, 0.3) is 5.91 Å². The third-order valence-electron chi connectivity index (χ3n) is 5.43. The Labute approximate surface area is 192 Å². The molecule has 1 heterocycles. The Morgan fingerprint density at radius 1 is 0.970 bits per heavy atom. The Hall–Kier alpha value is -4.13. The van der Waals surface area contributed by atoms with Crippen molar-refractivity contribution in [3.8, 4) is 0 Å². The van der Waals surface area contributed by atoms with Crippen molar-refractivity contribution in [1.82, 2.24) is 5.32 Å². The summed E-state index contributed by atoms with van der Waals surface area (Å²) in [4.78, 5) is 39.3. The molecule has 7 nitrogen and oxygen atoms in total. The van der Waals surface area contributed by atoms with Crippen LogP contribution in [0.3, 0.4) is 0 Å². The van der Waals surface area contributed by atoms with Crippen molar-refractivity contribution in [3.63, 3.8) is 0 Å². The molecule has 2 N–H and O–H groups in total. The molecule has 4 rings (SSSR count). The summed E-state index contributed by atoms with van der Waals surface area (Å²) < 4.78 is 5.04. The number of hydrogen-bond acceptors (Lipinski definition) is 4. The first-order valence-electron chi connectivity index (χ1n) is 10.9. The van der Waals surface area contributed by atoms with Gasteiger partial charge in [-0.05, 0) is 54.8 Å². The van der Waals surface area contributed by atoms with Crippen LogP contribution in [0.15, 0.2) is 72.8 Å². The molecule has 0 aromatic heterocycles. The Kier molecular flexibility index (Phi) is 6.69. The number of amides is 3. The number of hydrogen-bond donors (Lipinski definition) is 2. The summed E-state index contributed by atoms with van der Waals surface area (Å²) in [6.45, 7) is 2.88. The van der Waals surface area contributed by atoms with Crippen molar-refractivity contribution in [2.75, 3.05) is 23.4 Å². The van der Waals surface area contributed by atoms with Gasteiger partial charge in [0.15, 0.2) is 0 Å². The molecule has 0 spiro atoms. The zero-order chi connectivity index (χ0) is 23.2. The van der Waals surface area contributed by atoms with Crippen LogP contribution in [0.25, 0.3) is 0 Å².